The van der Waals surface area contributed by atoms with Crippen LogP contribution in [0.25, 0.3) is 10.8 Å². The molecule has 2 heterocycles. The summed E-state index contributed by atoms with van der Waals surface area (Å²) in [5.41, 5.74) is -0.243. The molecular formula is C15H17N3O3. The third-order valence-electron chi connectivity index (χ3n) is 3.67. The molecule has 1 atom stereocenters. The van der Waals surface area contributed by atoms with Crippen LogP contribution in [-0.4, -0.2) is 35.4 Å². The minimum absolute atomic E-state index is 0.0583. The Bertz CT molecular complexity index is 705. The topological polar surface area (TPSA) is 73.2 Å². The molecule has 1 aliphatic heterocycles. The van der Waals surface area contributed by atoms with Crippen LogP contribution >= 0.6 is 0 Å². The van der Waals surface area contributed by atoms with Crippen molar-refractivity contribution in [2.45, 2.75) is 13.0 Å². The van der Waals surface area contributed by atoms with Crippen molar-refractivity contribution in [2.75, 3.05) is 19.8 Å². The minimum Gasteiger partial charge on any atom is -0.381 e. The second kappa shape index (κ2) is 6.05. The second-order valence-corrected chi connectivity index (χ2v) is 5.23. The Morgan fingerprint density at radius 3 is 3.10 bits per heavy atom. The standard InChI is InChI=1S/C15H17N3O3/c19-14(16-7-11-5-6-21-10-11)9-18-15(20)13-4-2-1-3-12(13)8-17-18/h1-4,8,11H,5-7,9-10H2,(H,16,19). The zero-order valence-electron chi connectivity index (χ0n) is 11.6. The van der Waals surface area contributed by atoms with E-state index in [2.05, 4.69) is 10.4 Å². The van der Waals surface area contributed by atoms with Crippen molar-refractivity contribution < 1.29 is 9.53 Å². The summed E-state index contributed by atoms with van der Waals surface area (Å²) in [6.07, 6.45) is 2.57. The number of amides is 1. The SMILES string of the molecule is O=C(Cn1ncc2ccccc2c1=O)NCC1CCOC1. The summed E-state index contributed by atoms with van der Waals surface area (Å²) in [5.74, 6) is 0.169. The number of nitrogens with zero attached hydrogens (tertiary/aromatic N) is 2. The summed E-state index contributed by atoms with van der Waals surface area (Å²) in [5, 5.41) is 8.23. The van der Waals surface area contributed by atoms with E-state index < -0.39 is 0 Å². The molecule has 1 saturated heterocycles. The van der Waals surface area contributed by atoms with Crippen molar-refractivity contribution in [3.8, 4) is 0 Å². The van der Waals surface area contributed by atoms with Gasteiger partial charge in [0, 0.05) is 24.5 Å². The van der Waals surface area contributed by atoms with Crippen LogP contribution in [0.4, 0.5) is 0 Å². The van der Waals surface area contributed by atoms with E-state index in [1.54, 1.807) is 18.3 Å². The van der Waals surface area contributed by atoms with E-state index in [-0.39, 0.29) is 18.0 Å². The van der Waals surface area contributed by atoms with Gasteiger partial charge in [0.05, 0.1) is 18.2 Å². The number of ether oxygens (including phenoxy) is 1. The molecule has 110 valence electrons. The first kappa shape index (κ1) is 13.8. The maximum atomic E-state index is 12.2. The van der Waals surface area contributed by atoms with Crippen molar-refractivity contribution in [3.63, 3.8) is 0 Å². The number of fused-ring (bicyclic) bond motifs is 1. The van der Waals surface area contributed by atoms with Gasteiger partial charge in [-0.2, -0.15) is 5.10 Å². The lowest BCUT2D eigenvalue weighted by Gasteiger charge is -2.10. The molecule has 0 aliphatic carbocycles. The zero-order valence-corrected chi connectivity index (χ0v) is 11.6. The third-order valence-corrected chi connectivity index (χ3v) is 3.67. The van der Waals surface area contributed by atoms with Crippen molar-refractivity contribution in [3.05, 3.63) is 40.8 Å². The Balaban J connectivity index is 1.68. The summed E-state index contributed by atoms with van der Waals surface area (Å²) in [6, 6.07) is 7.22. The molecule has 3 rings (SSSR count). The van der Waals surface area contributed by atoms with Gasteiger partial charge in [-0.1, -0.05) is 18.2 Å². The molecular weight excluding hydrogens is 270 g/mol. The summed E-state index contributed by atoms with van der Waals surface area (Å²) < 4.78 is 6.45. The molecule has 1 aromatic carbocycles. The highest BCUT2D eigenvalue weighted by molar-refractivity contribution is 5.81. The first-order valence-electron chi connectivity index (χ1n) is 7.03. The number of rotatable bonds is 4. The number of hydrogen-bond donors (Lipinski definition) is 1. The Labute approximate surface area is 121 Å². The summed E-state index contributed by atoms with van der Waals surface area (Å²) in [6.45, 7) is 1.97. The Kier molecular flexibility index (Phi) is 3.96. The van der Waals surface area contributed by atoms with Crippen LogP contribution in [0.15, 0.2) is 35.3 Å². The average Bonchev–Trinajstić information content (AvgIpc) is 3.02. The van der Waals surface area contributed by atoms with Gasteiger partial charge in [-0.3, -0.25) is 9.59 Å². The molecule has 1 fully saturated rings. The van der Waals surface area contributed by atoms with E-state index in [0.29, 0.717) is 24.5 Å². The van der Waals surface area contributed by atoms with Gasteiger partial charge in [-0.05, 0) is 12.5 Å². The van der Waals surface area contributed by atoms with E-state index in [0.717, 1.165) is 18.4 Å². The van der Waals surface area contributed by atoms with E-state index in [4.69, 9.17) is 4.74 Å². The fourth-order valence-corrected chi connectivity index (χ4v) is 2.43. The predicted octanol–water partition coefficient (Wildman–Crippen LogP) is 0.549. The second-order valence-electron chi connectivity index (χ2n) is 5.23. The summed E-state index contributed by atoms with van der Waals surface area (Å²) in [4.78, 5) is 24.1. The van der Waals surface area contributed by atoms with Crippen molar-refractivity contribution in [1.82, 2.24) is 15.1 Å². The number of aromatic nitrogens is 2. The van der Waals surface area contributed by atoms with Crippen LogP contribution in [0.5, 0.6) is 0 Å². The summed E-state index contributed by atoms with van der Waals surface area (Å²) >= 11 is 0. The van der Waals surface area contributed by atoms with Gasteiger partial charge >= 0.3 is 0 Å². The van der Waals surface area contributed by atoms with Crippen LogP contribution in [0.2, 0.25) is 0 Å². The van der Waals surface area contributed by atoms with Gasteiger partial charge in [-0.15, -0.1) is 0 Å². The van der Waals surface area contributed by atoms with Gasteiger partial charge in [0.15, 0.2) is 0 Å². The maximum absolute atomic E-state index is 12.2. The van der Waals surface area contributed by atoms with E-state index in [9.17, 15) is 9.59 Å². The largest absolute Gasteiger partial charge is 0.381 e. The first-order chi connectivity index (χ1) is 10.2. The fourth-order valence-electron chi connectivity index (χ4n) is 2.43. The highest BCUT2D eigenvalue weighted by Gasteiger charge is 2.16. The van der Waals surface area contributed by atoms with Crippen LogP contribution in [-0.2, 0) is 16.1 Å². The molecule has 6 heteroatoms. The zero-order chi connectivity index (χ0) is 14.7. The van der Waals surface area contributed by atoms with Gasteiger partial charge in [0.25, 0.3) is 5.56 Å². The number of carbonyl (C=O) groups is 1. The molecule has 1 aliphatic rings. The Hall–Kier alpha value is -2.21. The van der Waals surface area contributed by atoms with Crippen LogP contribution in [0.3, 0.4) is 0 Å². The third kappa shape index (κ3) is 3.11. The van der Waals surface area contributed by atoms with Crippen molar-refractivity contribution in [2.24, 2.45) is 5.92 Å². The molecule has 0 spiro atoms. The number of hydrogen-bond acceptors (Lipinski definition) is 4. The molecule has 0 bridgehead atoms. The monoisotopic (exact) mass is 287 g/mol. The fraction of sp³-hybridized carbons (Fsp3) is 0.400. The molecule has 1 N–H and O–H groups in total. The average molecular weight is 287 g/mol. The normalized spacial score (nSPS) is 18.0. The van der Waals surface area contributed by atoms with Gasteiger partial charge in [-0.25, -0.2) is 4.68 Å². The van der Waals surface area contributed by atoms with Crippen molar-refractivity contribution in [1.29, 1.82) is 0 Å². The highest BCUT2D eigenvalue weighted by atomic mass is 16.5. The lowest BCUT2D eigenvalue weighted by Crippen LogP contribution is -2.36. The maximum Gasteiger partial charge on any atom is 0.275 e. The molecule has 0 saturated carbocycles. The quantitative estimate of drug-likeness (QED) is 0.891. The summed E-state index contributed by atoms with van der Waals surface area (Å²) in [7, 11) is 0. The van der Waals surface area contributed by atoms with Crippen molar-refractivity contribution >= 4 is 16.7 Å². The predicted molar refractivity (Wildman–Crippen MR) is 77.9 cm³/mol. The molecule has 1 aromatic heterocycles. The molecule has 2 aromatic rings. The Morgan fingerprint density at radius 2 is 2.29 bits per heavy atom. The number of nitrogens with one attached hydrogen (secondary N) is 1. The molecule has 1 unspecified atom stereocenters. The van der Waals surface area contributed by atoms with Gasteiger partial charge < -0.3 is 10.1 Å². The van der Waals surface area contributed by atoms with E-state index in [1.807, 2.05) is 12.1 Å². The van der Waals surface area contributed by atoms with Crippen LogP contribution < -0.4 is 10.9 Å². The van der Waals surface area contributed by atoms with E-state index >= 15 is 0 Å². The minimum atomic E-state index is -0.243. The van der Waals surface area contributed by atoms with Crippen LogP contribution in [0.1, 0.15) is 6.42 Å². The van der Waals surface area contributed by atoms with Gasteiger partial charge in [0.1, 0.15) is 6.54 Å². The first-order valence-corrected chi connectivity index (χ1v) is 7.03. The Morgan fingerprint density at radius 1 is 1.43 bits per heavy atom. The smallest absolute Gasteiger partial charge is 0.275 e. The number of benzene rings is 1. The molecule has 6 nitrogen and oxygen atoms in total. The lowest BCUT2D eigenvalue weighted by molar-refractivity contribution is -0.122. The highest BCUT2D eigenvalue weighted by Crippen LogP contribution is 2.10. The molecule has 21 heavy (non-hydrogen) atoms. The van der Waals surface area contributed by atoms with Gasteiger partial charge in [0.2, 0.25) is 5.91 Å². The van der Waals surface area contributed by atoms with Crippen LogP contribution in [0, 0.1) is 5.92 Å². The lowest BCUT2D eigenvalue weighted by atomic mass is 10.1. The molecule has 1 amide bonds. The van der Waals surface area contributed by atoms with E-state index in [1.165, 1.54) is 4.68 Å². The molecule has 0 radical (unpaired) electrons. The number of carbonyl (C=O) groups excluding carboxylic acids is 1.